The van der Waals surface area contributed by atoms with Gasteiger partial charge in [0, 0.05) is 31.2 Å². The van der Waals surface area contributed by atoms with E-state index in [0.717, 1.165) is 18.1 Å². The number of hydrogen-bond acceptors (Lipinski definition) is 2. The molecule has 0 amide bonds. The zero-order chi connectivity index (χ0) is 10.5. The van der Waals surface area contributed by atoms with Crippen molar-refractivity contribution in [3.63, 3.8) is 0 Å². The Labute approximate surface area is 93.4 Å². The molecule has 3 aliphatic rings. The highest BCUT2D eigenvalue weighted by Gasteiger charge is 2.41. The molecule has 15 heavy (non-hydrogen) atoms. The predicted octanol–water partition coefficient (Wildman–Crippen LogP) is 2.00. The number of nitrogens with one attached hydrogen (secondary N) is 1. The molecule has 2 nitrogen and oxygen atoms in total. The molecule has 0 spiro atoms. The lowest BCUT2D eigenvalue weighted by Crippen LogP contribution is -2.36. The molecule has 2 saturated carbocycles. The Morgan fingerprint density at radius 2 is 2.07 bits per heavy atom. The number of likely N-dealkylation sites (tertiary alicyclic amines) is 1. The van der Waals surface area contributed by atoms with Crippen LogP contribution in [0.1, 0.15) is 46.0 Å². The van der Waals surface area contributed by atoms with Gasteiger partial charge in [0.1, 0.15) is 0 Å². The molecule has 3 fully saturated rings. The van der Waals surface area contributed by atoms with Gasteiger partial charge in [0.05, 0.1) is 0 Å². The van der Waals surface area contributed by atoms with E-state index in [4.69, 9.17) is 0 Å². The minimum absolute atomic E-state index is 0.663. The standard InChI is InChI=1S/C13H24N2/c1-10-7-11(8-15(10)12-3-4-12)14-9-13(2)5-6-13/h10-12,14H,3-9H2,1-2H3. The van der Waals surface area contributed by atoms with Gasteiger partial charge >= 0.3 is 0 Å². The van der Waals surface area contributed by atoms with Crippen LogP contribution < -0.4 is 5.32 Å². The summed E-state index contributed by atoms with van der Waals surface area (Å²) in [6.07, 6.45) is 7.15. The average Bonchev–Trinajstić information content (AvgIpc) is 3.09. The zero-order valence-corrected chi connectivity index (χ0v) is 10.1. The van der Waals surface area contributed by atoms with Crippen molar-refractivity contribution in [2.45, 2.75) is 64.1 Å². The first-order valence-electron chi connectivity index (χ1n) is 6.65. The smallest absolute Gasteiger partial charge is 0.0210 e. The van der Waals surface area contributed by atoms with E-state index in [1.54, 1.807) is 0 Å². The minimum atomic E-state index is 0.663. The van der Waals surface area contributed by atoms with Gasteiger partial charge in [-0.2, -0.15) is 0 Å². The van der Waals surface area contributed by atoms with E-state index in [1.165, 1.54) is 45.2 Å². The molecule has 3 rings (SSSR count). The third kappa shape index (κ3) is 2.21. The van der Waals surface area contributed by atoms with Gasteiger partial charge in [0.15, 0.2) is 0 Å². The zero-order valence-electron chi connectivity index (χ0n) is 10.1. The summed E-state index contributed by atoms with van der Waals surface area (Å²) >= 11 is 0. The quantitative estimate of drug-likeness (QED) is 0.760. The van der Waals surface area contributed by atoms with Crippen molar-refractivity contribution >= 4 is 0 Å². The summed E-state index contributed by atoms with van der Waals surface area (Å²) in [5, 5.41) is 3.79. The van der Waals surface area contributed by atoms with E-state index in [9.17, 15) is 0 Å². The van der Waals surface area contributed by atoms with Crippen LogP contribution in [0.4, 0.5) is 0 Å². The monoisotopic (exact) mass is 208 g/mol. The summed E-state index contributed by atoms with van der Waals surface area (Å²) in [6, 6.07) is 2.54. The van der Waals surface area contributed by atoms with Crippen LogP contribution in [0.15, 0.2) is 0 Å². The molecule has 2 heteroatoms. The van der Waals surface area contributed by atoms with Crippen LogP contribution in [0.5, 0.6) is 0 Å². The van der Waals surface area contributed by atoms with E-state index in [0.29, 0.717) is 5.41 Å². The Balaban J connectivity index is 1.47. The Morgan fingerprint density at radius 1 is 1.33 bits per heavy atom. The van der Waals surface area contributed by atoms with E-state index >= 15 is 0 Å². The Morgan fingerprint density at radius 3 is 2.67 bits per heavy atom. The largest absolute Gasteiger partial charge is 0.312 e. The summed E-state index contributed by atoms with van der Waals surface area (Å²) in [7, 11) is 0. The van der Waals surface area contributed by atoms with Crippen molar-refractivity contribution in [1.82, 2.24) is 10.2 Å². The van der Waals surface area contributed by atoms with Crippen molar-refractivity contribution in [1.29, 1.82) is 0 Å². The van der Waals surface area contributed by atoms with Gasteiger partial charge in [-0.15, -0.1) is 0 Å². The number of rotatable bonds is 4. The number of hydrogen-bond donors (Lipinski definition) is 1. The van der Waals surface area contributed by atoms with E-state index in [1.807, 2.05) is 0 Å². The van der Waals surface area contributed by atoms with E-state index < -0.39 is 0 Å². The first-order chi connectivity index (χ1) is 7.16. The molecule has 0 bridgehead atoms. The van der Waals surface area contributed by atoms with Crippen LogP contribution >= 0.6 is 0 Å². The van der Waals surface area contributed by atoms with Gasteiger partial charge in [-0.1, -0.05) is 6.92 Å². The van der Waals surface area contributed by atoms with E-state index in [-0.39, 0.29) is 0 Å². The fourth-order valence-electron chi connectivity index (χ4n) is 2.90. The molecule has 2 aliphatic carbocycles. The summed E-state index contributed by atoms with van der Waals surface area (Å²) in [6.45, 7) is 7.38. The second-order valence-electron chi connectivity index (χ2n) is 6.40. The van der Waals surface area contributed by atoms with Crippen molar-refractivity contribution in [2.24, 2.45) is 5.41 Å². The maximum Gasteiger partial charge on any atom is 0.0210 e. The van der Waals surface area contributed by atoms with Crippen molar-refractivity contribution in [2.75, 3.05) is 13.1 Å². The Hall–Kier alpha value is -0.0800. The summed E-state index contributed by atoms with van der Waals surface area (Å²) in [4.78, 5) is 2.73. The SMILES string of the molecule is CC1CC(NCC2(C)CC2)CN1C1CC1. The highest BCUT2D eigenvalue weighted by molar-refractivity contribution is 4.98. The second-order valence-corrected chi connectivity index (χ2v) is 6.40. The molecular weight excluding hydrogens is 184 g/mol. The average molecular weight is 208 g/mol. The Bertz CT molecular complexity index is 243. The molecule has 1 saturated heterocycles. The van der Waals surface area contributed by atoms with Gasteiger partial charge in [0.25, 0.3) is 0 Å². The fourth-order valence-corrected chi connectivity index (χ4v) is 2.90. The van der Waals surface area contributed by atoms with Crippen LogP contribution in [-0.2, 0) is 0 Å². The first kappa shape index (κ1) is 10.1. The van der Waals surface area contributed by atoms with Crippen LogP contribution in [0.25, 0.3) is 0 Å². The highest BCUT2D eigenvalue weighted by atomic mass is 15.3. The van der Waals surface area contributed by atoms with Crippen LogP contribution in [0.2, 0.25) is 0 Å². The molecule has 1 N–H and O–H groups in total. The molecule has 2 atom stereocenters. The summed E-state index contributed by atoms with van der Waals surface area (Å²) in [5.74, 6) is 0. The predicted molar refractivity (Wildman–Crippen MR) is 62.9 cm³/mol. The first-order valence-corrected chi connectivity index (χ1v) is 6.65. The van der Waals surface area contributed by atoms with Crippen LogP contribution in [0.3, 0.4) is 0 Å². The number of nitrogens with zero attached hydrogens (tertiary/aromatic N) is 1. The summed E-state index contributed by atoms with van der Waals surface area (Å²) in [5.41, 5.74) is 0.663. The molecule has 0 aromatic heterocycles. The lowest BCUT2D eigenvalue weighted by molar-refractivity contribution is 0.254. The van der Waals surface area contributed by atoms with Crippen molar-refractivity contribution in [3.8, 4) is 0 Å². The third-order valence-electron chi connectivity index (χ3n) is 4.56. The molecule has 86 valence electrons. The molecule has 0 radical (unpaired) electrons. The van der Waals surface area contributed by atoms with Crippen molar-refractivity contribution in [3.05, 3.63) is 0 Å². The third-order valence-corrected chi connectivity index (χ3v) is 4.56. The lowest BCUT2D eigenvalue weighted by Gasteiger charge is -2.20. The second kappa shape index (κ2) is 3.46. The van der Waals surface area contributed by atoms with Gasteiger partial charge < -0.3 is 5.32 Å². The van der Waals surface area contributed by atoms with E-state index in [2.05, 4.69) is 24.1 Å². The molecule has 0 aromatic carbocycles. The summed E-state index contributed by atoms with van der Waals surface area (Å²) < 4.78 is 0. The minimum Gasteiger partial charge on any atom is -0.312 e. The van der Waals surface area contributed by atoms with Crippen molar-refractivity contribution < 1.29 is 0 Å². The molecule has 1 aliphatic heterocycles. The molecular formula is C13H24N2. The topological polar surface area (TPSA) is 15.3 Å². The molecule has 2 unspecified atom stereocenters. The maximum absolute atomic E-state index is 3.79. The normalized spacial score (nSPS) is 39.6. The Kier molecular flexibility index (Phi) is 2.33. The lowest BCUT2D eigenvalue weighted by atomic mass is 10.1. The van der Waals surface area contributed by atoms with Gasteiger partial charge in [-0.05, 0) is 44.4 Å². The maximum atomic E-state index is 3.79. The van der Waals surface area contributed by atoms with Gasteiger partial charge in [-0.25, -0.2) is 0 Å². The molecule has 1 heterocycles. The van der Waals surface area contributed by atoms with Gasteiger partial charge in [-0.3, -0.25) is 4.90 Å². The van der Waals surface area contributed by atoms with Crippen LogP contribution in [-0.4, -0.2) is 36.1 Å². The highest BCUT2D eigenvalue weighted by Crippen LogP contribution is 2.44. The van der Waals surface area contributed by atoms with Crippen LogP contribution in [0, 0.1) is 5.41 Å². The molecule has 0 aromatic rings. The van der Waals surface area contributed by atoms with Gasteiger partial charge in [0.2, 0.25) is 0 Å². The fraction of sp³-hybridized carbons (Fsp3) is 1.00.